The van der Waals surface area contributed by atoms with Crippen LogP contribution in [0.15, 0.2) is 12.4 Å². The first-order valence-corrected chi connectivity index (χ1v) is 13.6. The van der Waals surface area contributed by atoms with Crippen molar-refractivity contribution in [1.82, 2.24) is 25.0 Å². The molecule has 0 radical (unpaired) electrons. The van der Waals surface area contributed by atoms with E-state index < -0.39 is 12.6 Å². The molecule has 35 heavy (non-hydrogen) atoms. The maximum atomic E-state index is 12.5. The number of fused-ring (bicyclic) bond motifs is 1. The Bertz CT molecular complexity index is 965. The van der Waals surface area contributed by atoms with Crippen molar-refractivity contribution in [3.8, 4) is 0 Å². The molecule has 2 aromatic heterocycles. The van der Waals surface area contributed by atoms with E-state index in [-0.39, 0.29) is 18.4 Å². The zero-order valence-electron chi connectivity index (χ0n) is 20.4. The van der Waals surface area contributed by atoms with Gasteiger partial charge in [0.15, 0.2) is 0 Å². The van der Waals surface area contributed by atoms with Crippen LogP contribution in [0.4, 0.5) is 13.2 Å². The molecule has 1 saturated carbocycles. The van der Waals surface area contributed by atoms with Crippen molar-refractivity contribution in [3.05, 3.63) is 33.5 Å². The van der Waals surface area contributed by atoms with Gasteiger partial charge >= 0.3 is 6.18 Å². The molecular weight excluding hydrogens is 475 g/mol. The molecule has 1 amide bonds. The fraction of sp³-hybridized carbons (Fsp3) is 0.720. The van der Waals surface area contributed by atoms with Gasteiger partial charge in [-0.25, -0.2) is 4.98 Å². The van der Waals surface area contributed by atoms with Gasteiger partial charge in [-0.15, -0.1) is 11.3 Å². The highest BCUT2D eigenvalue weighted by molar-refractivity contribution is 7.11. The molecule has 0 atom stereocenters. The third kappa shape index (κ3) is 8.03. The zero-order chi connectivity index (χ0) is 24.8. The SMILES string of the molecule is Cc1ncc(CC(=O)NC2CCC(CCN3CCc4cnn(CCCC(F)(F)F)c4CC3)CC2)s1. The van der Waals surface area contributed by atoms with E-state index in [1.807, 2.05) is 13.1 Å². The van der Waals surface area contributed by atoms with Crippen LogP contribution in [-0.2, 0) is 30.6 Å². The van der Waals surface area contributed by atoms with Gasteiger partial charge in [0.25, 0.3) is 0 Å². The van der Waals surface area contributed by atoms with Crippen LogP contribution in [0.25, 0.3) is 0 Å². The van der Waals surface area contributed by atoms with Crippen LogP contribution in [0.3, 0.4) is 0 Å². The first-order chi connectivity index (χ1) is 16.7. The lowest BCUT2D eigenvalue weighted by molar-refractivity contribution is -0.136. The molecule has 0 saturated heterocycles. The Kier molecular flexibility index (Phi) is 8.86. The summed E-state index contributed by atoms with van der Waals surface area (Å²) in [5.41, 5.74) is 2.30. The molecule has 6 nitrogen and oxygen atoms in total. The second kappa shape index (κ2) is 11.9. The second-order valence-electron chi connectivity index (χ2n) is 10.00. The number of alkyl halides is 3. The fourth-order valence-electron chi connectivity index (χ4n) is 5.33. The summed E-state index contributed by atoms with van der Waals surface area (Å²) in [5, 5.41) is 8.55. The van der Waals surface area contributed by atoms with Crippen molar-refractivity contribution in [3.63, 3.8) is 0 Å². The number of thiazole rings is 1. The number of hydrogen-bond donors (Lipinski definition) is 1. The maximum Gasteiger partial charge on any atom is 0.389 e. The van der Waals surface area contributed by atoms with E-state index >= 15 is 0 Å². The molecule has 0 bridgehead atoms. The average molecular weight is 512 g/mol. The summed E-state index contributed by atoms with van der Waals surface area (Å²) in [7, 11) is 0. The van der Waals surface area contributed by atoms with Crippen LogP contribution in [0.2, 0.25) is 0 Å². The van der Waals surface area contributed by atoms with E-state index in [9.17, 15) is 18.0 Å². The second-order valence-corrected chi connectivity index (χ2v) is 11.3. The van der Waals surface area contributed by atoms with Crippen LogP contribution < -0.4 is 5.32 Å². The molecule has 1 aliphatic carbocycles. The van der Waals surface area contributed by atoms with Crippen molar-refractivity contribution in [2.45, 2.75) is 89.9 Å². The van der Waals surface area contributed by atoms with Crippen LogP contribution >= 0.6 is 11.3 Å². The number of halogens is 3. The van der Waals surface area contributed by atoms with Crippen LogP contribution in [0.1, 0.15) is 66.1 Å². The number of amides is 1. The minimum absolute atomic E-state index is 0.0787. The fourth-order valence-corrected chi connectivity index (χ4v) is 6.13. The first-order valence-electron chi connectivity index (χ1n) is 12.8. The number of aryl methyl sites for hydroxylation is 2. The first kappa shape index (κ1) is 26.1. The largest absolute Gasteiger partial charge is 0.389 e. The van der Waals surface area contributed by atoms with Crippen LogP contribution in [0.5, 0.6) is 0 Å². The van der Waals surface area contributed by atoms with Gasteiger partial charge in [0.1, 0.15) is 0 Å². The standard InChI is InChI=1S/C25H36F3N5OS/c1-18-29-17-22(35-18)15-24(34)31-21-5-3-19(4-6-21)7-12-32-13-8-20-16-30-33(23(20)9-14-32)11-2-10-25(26,27)28/h16-17,19,21H,2-15H2,1H3,(H,31,34). The summed E-state index contributed by atoms with van der Waals surface area (Å²) < 4.78 is 39.2. The van der Waals surface area contributed by atoms with E-state index in [4.69, 9.17) is 0 Å². The highest BCUT2D eigenvalue weighted by Gasteiger charge is 2.27. The Labute approximate surface area is 209 Å². The van der Waals surface area contributed by atoms with Crippen molar-refractivity contribution >= 4 is 17.2 Å². The number of carbonyl (C=O) groups excluding carboxylic acids is 1. The minimum Gasteiger partial charge on any atom is -0.353 e. The third-order valence-electron chi connectivity index (χ3n) is 7.30. The smallest absolute Gasteiger partial charge is 0.353 e. The van der Waals surface area contributed by atoms with Gasteiger partial charge in [0.05, 0.1) is 17.6 Å². The Hall–Kier alpha value is -1.94. The van der Waals surface area contributed by atoms with E-state index in [2.05, 4.69) is 20.3 Å². The zero-order valence-corrected chi connectivity index (χ0v) is 21.3. The Balaban J connectivity index is 1.14. The Morgan fingerprint density at radius 1 is 1.14 bits per heavy atom. The van der Waals surface area contributed by atoms with E-state index in [1.165, 1.54) is 5.56 Å². The average Bonchev–Trinajstić information content (AvgIpc) is 3.32. The molecule has 1 fully saturated rings. The van der Waals surface area contributed by atoms with Crippen molar-refractivity contribution in [2.75, 3.05) is 19.6 Å². The summed E-state index contributed by atoms with van der Waals surface area (Å²) in [6.07, 6.45) is 6.56. The van der Waals surface area contributed by atoms with Crippen LogP contribution in [0, 0.1) is 12.8 Å². The molecule has 1 aliphatic heterocycles. The van der Waals surface area contributed by atoms with Gasteiger partial charge in [-0.1, -0.05) is 0 Å². The monoisotopic (exact) mass is 511 g/mol. The maximum absolute atomic E-state index is 12.5. The summed E-state index contributed by atoms with van der Waals surface area (Å²) in [6, 6.07) is 0.278. The molecule has 0 spiro atoms. The van der Waals surface area contributed by atoms with Crippen molar-refractivity contribution < 1.29 is 18.0 Å². The van der Waals surface area contributed by atoms with E-state index in [1.54, 1.807) is 22.2 Å². The lowest BCUT2D eigenvalue weighted by Crippen LogP contribution is -2.39. The molecule has 194 valence electrons. The predicted octanol–water partition coefficient (Wildman–Crippen LogP) is 4.70. The van der Waals surface area contributed by atoms with Crippen LogP contribution in [-0.4, -0.2) is 57.4 Å². The number of hydrogen-bond acceptors (Lipinski definition) is 5. The van der Waals surface area contributed by atoms with E-state index in [0.717, 1.165) is 80.2 Å². The van der Waals surface area contributed by atoms with Crippen molar-refractivity contribution in [2.24, 2.45) is 5.92 Å². The normalized spacial score (nSPS) is 21.5. The molecular formula is C25H36F3N5OS. The molecule has 10 heteroatoms. The summed E-state index contributed by atoms with van der Waals surface area (Å²) in [5.74, 6) is 0.786. The topological polar surface area (TPSA) is 63.1 Å². The predicted molar refractivity (Wildman–Crippen MR) is 130 cm³/mol. The number of nitrogens with one attached hydrogen (secondary N) is 1. The minimum atomic E-state index is -4.10. The number of nitrogens with zero attached hydrogens (tertiary/aromatic N) is 4. The molecule has 2 aromatic rings. The van der Waals surface area contributed by atoms with Gasteiger partial charge in [-0.05, 0) is 69.9 Å². The number of carbonyl (C=O) groups is 1. The lowest BCUT2D eigenvalue weighted by Gasteiger charge is -2.30. The summed E-state index contributed by atoms with van der Waals surface area (Å²) >= 11 is 1.58. The van der Waals surface area contributed by atoms with E-state index in [0.29, 0.717) is 18.9 Å². The Morgan fingerprint density at radius 3 is 2.63 bits per heavy atom. The third-order valence-corrected chi connectivity index (χ3v) is 8.21. The van der Waals surface area contributed by atoms with Gasteiger partial charge in [-0.3, -0.25) is 9.48 Å². The van der Waals surface area contributed by atoms with Gasteiger partial charge < -0.3 is 10.2 Å². The lowest BCUT2D eigenvalue weighted by atomic mass is 9.84. The number of aromatic nitrogens is 3. The number of rotatable bonds is 9. The summed E-state index contributed by atoms with van der Waals surface area (Å²) in [4.78, 5) is 20.1. The molecule has 2 aliphatic rings. The quantitative estimate of drug-likeness (QED) is 0.530. The summed E-state index contributed by atoms with van der Waals surface area (Å²) in [6.45, 7) is 5.24. The van der Waals surface area contributed by atoms with Gasteiger partial charge in [0.2, 0.25) is 5.91 Å². The highest BCUT2D eigenvalue weighted by Crippen LogP contribution is 2.28. The molecule has 4 rings (SSSR count). The van der Waals surface area contributed by atoms with Crippen molar-refractivity contribution in [1.29, 1.82) is 0 Å². The highest BCUT2D eigenvalue weighted by atomic mass is 32.1. The molecule has 3 heterocycles. The molecule has 0 unspecified atom stereocenters. The molecule has 1 N–H and O–H groups in total. The van der Waals surface area contributed by atoms with Gasteiger partial charge in [0, 0.05) is 55.3 Å². The van der Waals surface area contributed by atoms with Gasteiger partial charge in [-0.2, -0.15) is 18.3 Å². The Morgan fingerprint density at radius 2 is 1.91 bits per heavy atom. The molecule has 0 aromatic carbocycles.